The van der Waals surface area contributed by atoms with E-state index in [1.165, 1.54) is 44.9 Å². The smallest absolute Gasteiger partial charge is 0.490 e. The number of rotatable bonds is 11. The van der Waals surface area contributed by atoms with Crippen LogP contribution in [0.2, 0.25) is 0 Å². The van der Waals surface area contributed by atoms with Gasteiger partial charge in [0, 0.05) is 42.4 Å². The van der Waals surface area contributed by atoms with Crippen LogP contribution in [-0.2, 0) is 9.53 Å². The second kappa shape index (κ2) is 14.6. The molecule has 0 bridgehead atoms. The number of nitrogens with zero attached hydrogens (tertiary/aromatic N) is 4. The molecule has 0 aliphatic rings. The van der Waals surface area contributed by atoms with Crippen LogP contribution in [0.25, 0.3) is 5.82 Å². The number of nitrogens with one attached hydrogen (secondary N) is 3. The molecule has 0 spiro atoms. The Balaban J connectivity index is 0.000000676. The molecule has 0 aliphatic heterocycles. The molecule has 0 saturated carbocycles. The lowest BCUT2D eigenvalue weighted by Gasteiger charge is -2.21. The van der Waals surface area contributed by atoms with E-state index in [0.717, 1.165) is 4.68 Å². The number of anilines is 1. The molecule has 0 saturated heterocycles. The number of carboxylic acids is 1. The Hall–Kier alpha value is -5.52. The number of benzene rings is 2. The first kappa shape index (κ1) is 33.0. The summed E-state index contributed by atoms with van der Waals surface area (Å²) in [4.78, 5) is 32.4. The normalized spacial score (nSPS) is 11.6. The van der Waals surface area contributed by atoms with Crippen LogP contribution >= 0.6 is 0 Å². The molecular weight excluding hydrogens is 596 g/mol. The van der Waals surface area contributed by atoms with Gasteiger partial charge < -0.3 is 30.4 Å². The molecule has 234 valence electrons. The van der Waals surface area contributed by atoms with Crippen molar-refractivity contribution in [3.8, 4) is 17.3 Å². The maximum Gasteiger partial charge on any atom is 0.490 e. The van der Waals surface area contributed by atoms with E-state index in [1.54, 1.807) is 24.3 Å². The van der Waals surface area contributed by atoms with Crippen molar-refractivity contribution < 1.29 is 41.7 Å². The summed E-state index contributed by atoms with van der Waals surface area (Å²) in [5.41, 5.74) is 6.13. The average molecular weight is 623 g/mol. The highest BCUT2D eigenvalue weighted by atomic mass is 19.4. The highest BCUT2D eigenvalue weighted by molar-refractivity contribution is 5.95. The number of alkyl halides is 3. The van der Waals surface area contributed by atoms with E-state index in [4.69, 9.17) is 35.3 Å². The lowest BCUT2D eigenvalue weighted by Crippen LogP contribution is -2.21. The number of nitrogen functional groups attached to an aromatic ring is 1. The van der Waals surface area contributed by atoms with Crippen molar-refractivity contribution in [3.05, 3.63) is 88.2 Å². The summed E-state index contributed by atoms with van der Waals surface area (Å²) in [5.74, 6) is -2.96. The van der Waals surface area contributed by atoms with Crippen molar-refractivity contribution in [2.75, 3.05) is 32.8 Å². The first-order valence-corrected chi connectivity index (χ1v) is 12.3. The standard InChI is InChI=1S/C24H25FN8O4.C2HF3O2/c1-35-9-10-37-18-12-16(36-2)11-17(20(18)25)21(30-15-5-3-14(4-6-15)22(26)27)23-31-24(34)33(32-23)19-13-28-7-8-29-19;3-2(4,5)1(6)7/h3-8,11-13,21,30H,9-10H2,1-2H3,(H3,26,27)(H,31,32,34);(H,6,7). The Labute approximate surface area is 245 Å². The maximum absolute atomic E-state index is 15.8. The van der Waals surface area contributed by atoms with E-state index in [9.17, 15) is 18.0 Å². The Morgan fingerprint density at radius 1 is 1.18 bits per heavy atom. The SMILES string of the molecule is COCCOc1cc(OC)cc(C(Nc2ccc(C(=N)N)cc2)c2nn(-c3cnccn3)c(=O)[nH]2)c1F.O=C(O)C(F)(F)F. The van der Waals surface area contributed by atoms with Crippen LogP contribution in [0.1, 0.15) is 23.0 Å². The number of methoxy groups -OCH3 is 2. The minimum atomic E-state index is -5.08. The molecular formula is C26H26F4N8O6. The highest BCUT2D eigenvalue weighted by Gasteiger charge is 2.38. The summed E-state index contributed by atoms with van der Waals surface area (Å²) in [5, 5.41) is 22.3. The Bertz CT molecular complexity index is 1630. The molecule has 6 N–H and O–H groups in total. The molecule has 0 radical (unpaired) electrons. The Kier molecular flexibility index (Phi) is 10.9. The number of aromatic nitrogens is 5. The van der Waals surface area contributed by atoms with Gasteiger partial charge in [-0.15, -0.1) is 5.10 Å². The fourth-order valence-electron chi connectivity index (χ4n) is 3.49. The van der Waals surface area contributed by atoms with Crippen molar-refractivity contribution in [1.82, 2.24) is 24.7 Å². The fourth-order valence-corrected chi connectivity index (χ4v) is 3.49. The second-order valence-electron chi connectivity index (χ2n) is 8.53. The van der Waals surface area contributed by atoms with Gasteiger partial charge in [0.05, 0.1) is 19.9 Å². The fraction of sp³-hybridized carbons (Fsp3) is 0.231. The number of hydrogen-bond acceptors (Lipinski definition) is 10. The summed E-state index contributed by atoms with van der Waals surface area (Å²) in [6, 6.07) is 8.56. The molecule has 0 amide bonds. The van der Waals surface area contributed by atoms with Crippen LogP contribution in [0.15, 0.2) is 59.8 Å². The number of hydrogen-bond donors (Lipinski definition) is 5. The number of aromatic amines is 1. The van der Waals surface area contributed by atoms with Gasteiger partial charge >= 0.3 is 17.8 Å². The molecule has 2 aromatic carbocycles. The van der Waals surface area contributed by atoms with E-state index in [0.29, 0.717) is 17.0 Å². The number of amidine groups is 1. The second-order valence-corrected chi connectivity index (χ2v) is 8.53. The number of nitrogens with two attached hydrogens (primary N) is 1. The van der Waals surface area contributed by atoms with Gasteiger partial charge in [-0.25, -0.2) is 19.0 Å². The summed E-state index contributed by atoms with van der Waals surface area (Å²) >= 11 is 0. The van der Waals surface area contributed by atoms with Crippen molar-refractivity contribution in [2.24, 2.45) is 5.73 Å². The molecule has 1 atom stereocenters. The van der Waals surface area contributed by atoms with Crippen molar-refractivity contribution in [3.63, 3.8) is 0 Å². The number of carbonyl (C=O) groups is 1. The maximum atomic E-state index is 15.8. The van der Waals surface area contributed by atoms with E-state index in [2.05, 4.69) is 25.4 Å². The summed E-state index contributed by atoms with van der Waals surface area (Å²) < 4.78 is 64.5. The zero-order valence-corrected chi connectivity index (χ0v) is 23.1. The molecule has 14 nitrogen and oxygen atoms in total. The molecule has 4 rings (SSSR count). The third-order valence-corrected chi connectivity index (χ3v) is 5.56. The van der Waals surface area contributed by atoms with E-state index < -0.39 is 29.7 Å². The zero-order chi connectivity index (χ0) is 32.4. The first-order valence-electron chi connectivity index (χ1n) is 12.3. The van der Waals surface area contributed by atoms with Gasteiger partial charge in [0.15, 0.2) is 23.2 Å². The molecule has 4 aromatic rings. The number of H-pyrrole nitrogens is 1. The van der Waals surface area contributed by atoms with Crippen LogP contribution in [-0.4, -0.2) is 75.3 Å². The first-order chi connectivity index (χ1) is 20.8. The van der Waals surface area contributed by atoms with Gasteiger partial charge in [-0.1, -0.05) is 0 Å². The van der Waals surface area contributed by atoms with Crippen LogP contribution in [0, 0.1) is 11.2 Å². The third kappa shape index (κ3) is 8.51. The summed E-state index contributed by atoms with van der Waals surface area (Å²) in [6.45, 7) is 0.370. The molecule has 0 fully saturated rings. The number of carboxylic acid groups (broad SMARTS) is 1. The minimum absolute atomic E-state index is 0.0548. The number of ether oxygens (including phenoxy) is 3. The Morgan fingerprint density at radius 2 is 1.86 bits per heavy atom. The molecule has 44 heavy (non-hydrogen) atoms. The monoisotopic (exact) mass is 622 g/mol. The van der Waals surface area contributed by atoms with Gasteiger partial charge in [0.1, 0.15) is 24.2 Å². The van der Waals surface area contributed by atoms with Gasteiger partial charge in [-0.2, -0.15) is 17.9 Å². The van der Waals surface area contributed by atoms with Crippen LogP contribution < -0.4 is 26.2 Å². The molecule has 2 heterocycles. The third-order valence-electron chi connectivity index (χ3n) is 5.56. The quantitative estimate of drug-likeness (QED) is 0.0712. The molecule has 18 heteroatoms. The van der Waals surface area contributed by atoms with E-state index in [-0.39, 0.29) is 42.0 Å². The lowest BCUT2D eigenvalue weighted by molar-refractivity contribution is -0.192. The predicted molar refractivity (Wildman–Crippen MR) is 147 cm³/mol. The molecule has 0 aliphatic carbocycles. The van der Waals surface area contributed by atoms with Gasteiger partial charge in [-0.3, -0.25) is 15.4 Å². The van der Waals surface area contributed by atoms with Crippen molar-refractivity contribution in [2.45, 2.75) is 12.2 Å². The van der Waals surface area contributed by atoms with Gasteiger partial charge in [-0.05, 0) is 30.3 Å². The Morgan fingerprint density at radius 3 is 2.41 bits per heavy atom. The van der Waals surface area contributed by atoms with Gasteiger partial charge in [0.25, 0.3) is 0 Å². The van der Waals surface area contributed by atoms with E-state index >= 15 is 4.39 Å². The predicted octanol–water partition coefficient (Wildman–Crippen LogP) is 2.64. The van der Waals surface area contributed by atoms with Crippen LogP contribution in [0.3, 0.4) is 0 Å². The van der Waals surface area contributed by atoms with Crippen LogP contribution in [0.4, 0.5) is 23.2 Å². The van der Waals surface area contributed by atoms with Crippen molar-refractivity contribution >= 4 is 17.5 Å². The van der Waals surface area contributed by atoms with E-state index in [1.807, 2.05) is 0 Å². The summed E-state index contributed by atoms with van der Waals surface area (Å²) in [6.07, 6.45) is -0.815. The van der Waals surface area contributed by atoms with Gasteiger partial charge in [0.2, 0.25) is 0 Å². The molecule has 2 aromatic heterocycles. The number of aliphatic carboxylic acids is 1. The lowest BCUT2D eigenvalue weighted by atomic mass is 10.0. The molecule has 1 unspecified atom stereocenters. The number of halogens is 4. The largest absolute Gasteiger partial charge is 0.497 e. The highest BCUT2D eigenvalue weighted by Crippen LogP contribution is 2.35. The minimum Gasteiger partial charge on any atom is -0.497 e. The average Bonchev–Trinajstić information content (AvgIpc) is 3.38. The summed E-state index contributed by atoms with van der Waals surface area (Å²) in [7, 11) is 2.96. The zero-order valence-electron chi connectivity index (χ0n) is 23.1. The van der Waals surface area contributed by atoms with Crippen molar-refractivity contribution in [1.29, 1.82) is 5.41 Å². The topological polar surface area (TPSA) is 203 Å². The van der Waals surface area contributed by atoms with Crippen LogP contribution in [0.5, 0.6) is 11.5 Å².